The fourth-order valence-corrected chi connectivity index (χ4v) is 2.48. The van der Waals surface area contributed by atoms with Gasteiger partial charge in [0, 0.05) is 23.2 Å². The highest BCUT2D eigenvalue weighted by molar-refractivity contribution is 7.14. The van der Waals surface area contributed by atoms with Gasteiger partial charge >= 0.3 is 0 Å². The molecule has 100 valence electrons. The van der Waals surface area contributed by atoms with E-state index in [9.17, 15) is 4.79 Å². The Bertz CT molecular complexity index is 571. The van der Waals surface area contributed by atoms with Crippen LogP contribution in [0.5, 0.6) is 5.75 Å². The van der Waals surface area contributed by atoms with Gasteiger partial charge in [0.2, 0.25) is 5.91 Å². The van der Waals surface area contributed by atoms with Crippen molar-refractivity contribution in [1.82, 2.24) is 4.98 Å². The Morgan fingerprint density at radius 1 is 1.47 bits per heavy atom. The third kappa shape index (κ3) is 3.45. The molecular formula is C13H13ClN2O2S. The number of methoxy groups -OCH3 is 1. The van der Waals surface area contributed by atoms with Gasteiger partial charge in [-0.05, 0) is 12.1 Å². The SMILES string of the molecule is COc1ccccc1-c1csc(NC(=O)CCCl)n1. The number of hydrogen-bond acceptors (Lipinski definition) is 4. The Morgan fingerprint density at radius 3 is 3.00 bits per heavy atom. The fraction of sp³-hybridized carbons (Fsp3) is 0.231. The number of aromatic nitrogens is 1. The molecule has 1 N–H and O–H groups in total. The van der Waals surface area contributed by atoms with E-state index in [1.165, 1.54) is 11.3 Å². The van der Waals surface area contributed by atoms with Crippen LogP contribution in [0.1, 0.15) is 6.42 Å². The van der Waals surface area contributed by atoms with Gasteiger partial charge in [-0.15, -0.1) is 22.9 Å². The number of nitrogens with zero attached hydrogens (tertiary/aromatic N) is 1. The number of hydrogen-bond donors (Lipinski definition) is 1. The van der Waals surface area contributed by atoms with Crippen LogP contribution in [0.4, 0.5) is 5.13 Å². The summed E-state index contributed by atoms with van der Waals surface area (Å²) in [5.74, 6) is 0.929. The van der Waals surface area contributed by atoms with Gasteiger partial charge in [0.25, 0.3) is 0 Å². The quantitative estimate of drug-likeness (QED) is 0.861. The van der Waals surface area contributed by atoms with E-state index >= 15 is 0 Å². The topological polar surface area (TPSA) is 51.2 Å². The number of benzene rings is 1. The summed E-state index contributed by atoms with van der Waals surface area (Å²) in [7, 11) is 1.62. The molecule has 4 nitrogen and oxygen atoms in total. The molecule has 0 bridgehead atoms. The number of anilines is 1. The molecule has 6 heteroatoms. The number of rotatable bonds is 5. The number of thiazole rings is 1. The van der Waals surface area contributed by atoms with E-state index in [-0.39, 0.29) is 12.3 Å². The molecule has 2 rings (SSSR count). The van der Waals surface area contributed by atoms with E-state index < -0.39 is 0 Å². The van der Waals surface area contributed by atoms with Crippen molar-refractivity contribution < 1.29 is 9.53 Å². The molecule has 1 aromatic heterocycles. The lowest BCUT2D eigenvalue weighted by Gasteiger charge is -2.04. The zero-order valence-corrected chi connectivity index (χ0v) is 11.9. The van der Waals surface area contributed by atoms with Crippen molar-refractivity contribution in [3.8, 4) is 17.0 Å². The maximum Gasteiger partial charge on any atom is 0.227 e. The van der Waals surface area contributed by atoms with Gasteiger partial charge in [0.1, 0.15) is 5.75 Å². The van der Waals surface area contributed by atoms with E-state index in [4.69, 9.17) is 16.3 Å². The van der Waals surface area contributed by atoms with Crippen LogP contribution < -0.4 is 10.1 Å². The van der Waals surface area contributed by atoms with Crippen molar-refractivity contribution in [3.63, 3.8) is 0 Å². The maximum absolute atomic E-state index is 11.4. The van der Waals surface area contributed by atoms with Gasteiger partial charge in [-0.1, -0.05) is 12.1 Å². The summed E-state index contributed by atoms with van der Waals surface area (Å²) in [5, 5.41) is 5.16. The zero-order chi connectivity index (χ0) is 13.7. The number of ether oxygens (including phenoxy) is 1. The summed E-state index contributed by atoms with van der Waals surface area (Å²) in [6.45, 7) is 0. The molecule has 0 saturated carbocycles. The van der Waals surface area contributed by atoms with Crippen LogP contribution in [0.25, 0.3) is 11.3 Å². The smallest absolute Gasteiger partial charge is 0.227 e. The molecule has 0 aliphatic heterocycles. The van der Waals surface area contributed by atoms with Crippen molar-refractivity contribution in [2.75, 3.05) is 18.3 Å². The van der Waals surface area contributed by atoms with Gasteiger partial charge < -0.3 is 10.1 Å². The second-order valence-corrected chi connectivity index (χ2v) is 4.96. The van der Waals surface area contributed by atoms with Crippen molar-refractivity contribution in [2.24, 2.45) is 0 Å². The lowest BCUT2D eigenvalue weighted by Crippen LogP contribution is -2.11. The summed E-state index contributed by atoms with van der Waals surface area (Å²) in [5.41, 5.74) is 1.68. The van der Waals surface area contributed by atoms with E-state index in [0.29, 0.717) is 11.0 Å². The molecule has 0 spiro atoms. The summed E-state index contributed by atoms with van der Waals surface area (Å²) >= 11 is 6.88. The summed E-state index contributed by atoms with van der Waals surface area (Å²) in [6, 6.07) is 7.62. The number of amides is 1. The summed E-state index contributed by atoms with van der Waals surface area (Å²) in [4.78, 5) is 15.8. The average Bonchev–Trinajstić information content (AvgIpc) is 2.87. The lowest BCUT2D eigenvalue weighted by atomic mass is 10.1. The normalized spacial score (nSPS) is 10.2. The molecule has 0 unspecified atom stereocenters. The Hall–Kier alpha value is -1.59. The third-order valence-electron chi connectivity index (χ3n) is 2.46. The lowest BCUT2D eigenvalue weighted by molar-refractivity contribution is -0.115. The molecule has 19 heavy (non-hydrogen) atoms. The first-order valence-electron chi connectivity index (χ1n) is 5.69. The highest BCUT2D eigenvalue weighted by Gasteiger charge is 2.10. The standard InChI is InChI=1S/C13H13ClN2O2S/c1-18-11-5-3-2-4-9(11)10-8-19-13(15-10)16-12(17)6-7-14/h2-5,8H,6-7H2,1H3,(H,15,16,17). The van der Waals surface area contributed by atoms with Gasteiger partial charge in [0.05, 0.1) is 12.8 Å². The highest BCUT2D eigenvalue weighted by Crippen LogP contribution is 2.31. The van der Waals surface area contributed by atoms with E-state index in [1.807, 2.05) is 29.6 Å². The minimum Gasteiger partial charge on any atom is -0.496 e. The molecule has 0 radical (unpaired) electrons. The maximum atomic E-state index is 11.4. The summed E-state index contributed by atoms with van der Waals surface area (Å²) in [6.07, 6.45) is 0.283. The van der Waals surface area contributed by atoms with E-state index in [2.05, 4.69) is 10.3 Å². The van der Waals surface area contributed by atoms with Gasteiger partial charge in [-0.25, -0.2) is 4.98 Å². The summed E-state index contributed by atoms with van der Waals surface area (Å²) < 4.78 is 5.29. The van der Waals surface area contributed by atoms with Crippen LogP contribution in [0.3, 0.4) is 0 Å². The molecule has 0 fully saturated rings. The Kier molecular flexibility index (Phi) is 4.76. The minimum absolute atomic E-state index is 0.129. The molecule has 2 aromatic rings. The first kappa shape index (κ1) is 13.8. The predicted octanol–water partition coefficient (Wildman–Crippen LogP) is 3.39. The van der Waals surface area contributed by atoms with Gasteiger partial charge in [-0.2, -0.15) is 0 Å². The molecule has 0 aliphatic carbocycles. The molecule has 0 saturated heterocycles. The van der Waals surface area contributed by atoms with Crippen LogP contribution in [0.15, 0.2) is 29.6 Å². The largest absolute Gasteiger partial charge is 0.496 e. The molecule has 1 aromatic carbocycles. The second kappa shape index (κ2) is 6.54. The van der Waals surface area contributed by atoms with E-state index in [0.717, 1.165) is 17.0 Å². The molecule has 1 heterocycles. The zero-order valence-electron chi connectivity index (χ0n) is 10.4. The van der Waals surface area contributed by atoms with Crippen LogP contribution in [0.2, 0.25) is 0 Å². The Balaban J connectivity index is 2.19. The Morgan fingerprint density at radius 2 is 2.26 bits per heavy atom. The van der Waals surface area contributed by atoms with E-state index in [1.54, 1.807) is 7.11 Å². The van der Waals surface area contributed by atoms with Crippen LogP contribution in [-0.4, -0.2) is 23.9 Å². The van der Waals surface area contributed by atoms with Crippen molar-refractivity contribution in [3.05, 3.63) is 29.6 Å². The fourth-order valence-electron chi connectivity index (χ4n) is 1.58. The highest BCUT2D eigenvalue weighted by atomic mass is 35.5. The predicted molar refractivity (Wildman–Crippen MR) is 78.1 cm³/mol. The number of carbonyl (C=O) groups is 1. The molecular weight excluding hydrogens is 284 g/mol. The van der Waals surface area contributed by atoms with Crippen molar-refractivity contribution in [2.45, 2.75) is 6.42 Å². The van der Waals surface area contributed by atoms with Crippen LogP contribution in [0, 0.1) is 0 Å². The first-order valence-corrected chi connectivity index (χ1v) is 7.10. The second-order valence-electron chi connectivity index (χ2n) is 3.73. The van der Waals surface area contributed by atoms with Crippen molar-refractivity contribution >= 4 is 34.0 Å². The number of nitrogens with one attached hydrogen (secondary N) is 1. The van der Waals surface area contributed by atoms with Crippen molar-refractivity contribution in [1.29, 1.82) is 0 Å². The third-order valence-corrected chi connectivity index (χ3v) is 3.40. The monoisotopic (exact) mass is 296 g/mol. The van der Waals surface area contributed by atoms with Crippen LogP contribution >= 0.6 is 22.9 Å². The number of halogens is 1. The molecule has 0 atom stereocenters. The minimum atomic E-state index is -0.129. The molecule has 0 aliphatic rings. The van der Waals surface area contributed by atoms with Gasteiger partial charge in [-0.3, -0.25) is 4.79 Å². The number of para-hydroxylation sites is 1. The average molecular weight is 297 g/mol. The Labute approximate surface area is 120 Å². The van der Waals surface area contributed by atoms with Crippen LogP contribution in [-0.2, 0) is 4.79 Å². The molecule has 1 amide bonds. The number of carbonyl (C=O) groups excluding carboxylic acids is 1. The van der Waals surface area contributed by atoms with Gasteiger partial charge in [0.15, 0.2) is 5.13 Å². The number of alkyl halides is 1. The first-order chi connectivity index (χ1) is 9.24.